The number of nitrogens with zero attached hydrogens (tertiary/aromatic N) is 1. The van der Waals surface area contributed by atoms with Gasteiger partial charge in [-0.1, -0.05) is 18.2 Å². The topological polar surface area (TPSA) is 93.0 Å². The smallest absolute Gasteiger partial charge is 0.260 e. The van der Waals surface area contributed by atoms with Gasteiger partial charge in [0.15, 0.2) is 16.3 Å². The minimum atomic E-state index is -0.546. The molecular formula is C22H21N3O5S. The molecule has 31 heavy (non-hydrogen) atoms. The lowest BCUT2D eigenvalue weighted by molar-refractivity contribution is -0.908. The normalized spacial score (nSPS) is 19.2. The van der Waals surface area contributed by atoms with Crippen LogP contribution in [0.1, 0.15) is 22.7 Å². The third kappa shape index (κ3) is 3.00. The summed E-state index contributed by atoms with van der Waals surface area (Å²) in [5.41, 5.74) is 1.98. The van der Waals surface area contributed by atoms with E-state index in [-0.39, 0.29) is 17.1 Å². The molecule has 2 aliphatic rings. The van der Waals surface area contributed by atoms with Crippen molar-refractivity contribution in [3.05, 3.63) is 68.2 Å². The van der Waals surface area contributed by atoms with Crippen LogP contribution in [0.4, 0.5) is 0 Å². The molecule has 9 heteroatoms. The summed E-state index contributed by atoms with van der Waals surface area (Å²) in [4.78, 5) is 16.8. The number of methoxy groups -OCH3 is 1. The van der Waals surface area contributed by atoms with Crippen molar-refractivity contribution in [3.63, 3.8) is 0 Å². The number of hydrogen-bond donors (Lipinski definition) is 2. The zero-order valence-corrected chi connectivity index (χ0v) is 17.9. The number of fused-ring (bicyclic) bond motifs is 2. The fourth-order valence-corrected chi connectivity index (χ4v) is 4.79. The molecule has 1 aromatic heterocycles. The highest BCUT2D eigenvalue weighted by molar-refractivity contribution is 7.71. The van der Waals surface area contributed by atoms with E-state index in [0.717, 1.165) is 29.0 Å². The zero-order chi connectivity index (χ0) is 21.7. The van der Waals surface area contributed by atoms with E-state index in [2.05, 4.69) is 4.98 Å². The maximum Gasteiger partial charge on any atom is 0.260 e. The van der Waals surface area contributed by atoms with Crippen molar-refractivity contribution in [2.24, 2.45) is 0 Å². The van der Waals surface area contributed by atoms with Crippen LogP contribution >= 0.6 is 12.2 Å². The molecule has 0 bridgehead atoms. The van der Waals surface area contributed by atoms with E-state index in [0.29, 0.717) is 22.9 Å². The van der Waals surface area contributed by atoms with Gasteiger partial charge in [0.1, 0.15) is 6.04 Å². The van der Waals surface area contributed by atoms with E-state index in [9.17, 15) is 9.90 Å². The molecule has 0 saturated carbocycles. The molecule has 2 aliphatic heterocycles. The maximum atomic E-state index is 13.7. The Labute approximate surface area is 183 Å². The summed E-state index contributed by atoms with van der Waals surface area (Å²) >= 11 is 5.33. The lowest BCUT2D eigenvalue weighted by Crippen LogP contribution is -3.10. The van der Waals surface area contributed by atoms with Crippen molar-refractivity contribution < 1.29 is 24.2 Å². The fourth-order valence-electron chi connectivity index (χ4n) is 4.51. The monoisotopic (exact) mass is 439 g/mol. The van der Waals surface area contributed by atoms with Gasteiger partial charge in [-0.3, -0.25) is 9.78 Å². The molecule has 0 aliphatic carbocycles. The summed E-state index contributed by atoms with van der Waals surface area (Å²) in [7, 11) is 3.52. The van der Waals surface area contributed by atoms with Crippen LogP contribution in [0.5, 0.6) is 23.1 Å². The second-order valence-corrected chi connectivity index (χ2v) is 8.03. The van der Waals surface area contributed by atoms with E-state index >= 15 is 0 Å². The van der Waals surface area contributed by atoms with Crippen LogP contribution in [0.25, 0.3) is 5.69 Å². The number of aromatic nitrogens is 2. The molecule has 0 saturated heterocycles. The molecule has 0 amide bonds. The Bertz CT molecular complexity index is 1290. The third-order valence-electron chi connectivity index (χ3n) is 5.92. The minimum absolute atomic E-state index is 0.0660. The number of nitrogens with one attached hydrogen (secondary N) is 2. The molecule has 5 rings (SSSR count). The van der Waals surface area contributed by atoms with Gasteiger partial charge in [0.25, 0.3) is 5.56 Å². The van der Waals surface area contributed by atoms with Crippen LogP contribution in [-0.4, -0.2) is 37.0 Å². The van der Waals surface area contributed by atoms with E-state index in [1.165, 1.54) is 4.57 Å². The molecule has 2 N–H and O–H groups in total. The summed E-state index contributed by atoms with van der Waals surface area (Å²) < 4.78 is 18.3. The van der Waals surface area contributed by atoms with E-state index in [4.69, 9.17) is 26.4 Å². The van der Waals surface area contributed by atoms with Crippen molar-refractivity contribution in [2.75, 3.05) is 27.5 Å². The molecule has 0 radical (unpaired) electrons. The number of aromatic amines is 1. The van der Waals surface area contributed by atoms with Gasteiger partial charge in [0, 0.05) is 12.1 Å². The van der Waals surface area contributed by atoms with Crippen molar-refractivity contribution in [3.8, 4) is 28.8 Å². The maximum absolute atomic E-state index is 13.7. The van der Waals surface area contributed by atoms with Gasteiger partial charge in [0.2, 0.25) is 12.5 Å². The standard InChI is InChI=1S/C22H21N3O5S/c1-24-9-8-12-10-14-18(30-11-29-14)19(28-2)15(12)17(24)16-20(26)23-22(31)25(21(16)27)13-6-4-3-5-7-13/h3-7,10,17,27H,8-9,11H2,1-2H3,(H,23,26,31)/t17-/m0/s1. The number of benzene rings is 2. The van der Waals surface area contributed by atoms with E-state index in [1.54, 1.807) is 19.2 Å². The average molecular weight is 439 g/mol. The van der Waals surface area contributed by atoms with Gasteiger partial charge < -0.3 is 28.8 Å². The summed E-state index contributed by atoms with van der Waals surface area (Å²) in [6.07, 6.45) is 0.758. The molecule has 3 heterocycles. The Kier molecular flexibility index (Phi) is 4.71. The molecule has 1 unspecified atom stereocenters. The summed E-state index contributed by atoms with van der Waals surface area (Å²) in [5, 5.41) is 13.7. The Morgan fingerprint density at radius 1 is 1.26 bits per heavy atom. The van der Waals surface area contributed by atoms with Gasteiger partial charge in [-0.05, 0) is 41.9 Å². The molecule has 2 atom stereocenters. The first kappa shape index (κ1) is 19.7. The molecule has 0 spiro atoms. The van der Waals surface area contributed by atoms with Gasteiger partial charge in [0.05, 0.1) is 31.8 Å². The third-order valence-corrected chi connectivity index (χ3v) is 6.21. The average Bonchev–Trinajstić information content (AvgIpc) is 3.22. The second-order valence-electron chi connectivity index (χ2n) is 7.64. The van der Waals surface area contributed by atoms with Crippen molar-refractivity contribution >= 4 is 12.2 Å². The number of ether oxygens (including phenoxy) is 3. The second kappa shape index (κ2) is 7.44. The SMILES string of the molecule is COc1c2c(cc3c1[C@@H](c1c([O-])n(-c4ccccc4)c(=S)[nH]c1=O)[NH+](C)CC3)OCO2. The number of H-pyrrole nitrogens is 1. The van der Waals surface area contributed by atoms with Crippen molar-refractivity contribution in [2.45, 2.75) is 12.5 Å². The van der Waals surface area contributed by atoms with Crippen LogP contribution in [-0.2, 0) is 6.42 Å². The largest absolute Gasteiger partial charge is 0.859 e. The Morgan fingerprint density at radius 3 is 2.77 bits per heavy atom. The summed E-state index contributed by atoms with van der Waals surface area (Å²) in [6, 6.07) is 10.4. The predicted octanol–water partition coefficient (Wildman–Crippen LogP) is 0.866. The summed E-state index contributed by atoms with van der Waals surface area (Å²) in [6.45, 7) is 0.842. The summed E-state index contributed by atoms with van der Waals surface area (Å²) in [5.74, 6) is 1.18. The van der Waals surface area contributed by atoms with Crippen molar-refractivity contribution in [1.29, 1.82) is 0 Å². The molecular weight excluding hydrogens is 418 g/mol. The van der Waals surface area contributed by atoms with Crippen molar-refractivity contribution in [1.82, 2.24) is 9.55 Å². The predicted molar refractivity (Wildman–Crippen MR) is 113 cm³/mol. The lowest BCUT2D eigenvalue weighted by Gasteiger charge is -2.35. The molecule has 160 valence electrons. The number of likely N-dealkylation sites (N-methyl/N-ethyl adjacent to an activating group) is 1. The Hall–Kier alpha value is -3.30. The number of rotatable bonds is 3. The number of para-hydroxylation sites is 1. The van der Waals surface area contributed by atoms with Crippen LogP contribution < -0.4 is 29.8 Å². The first-order valence-electron chi connectivity index (χ1n) is 9.94. The Balaban J connectivity index is 1.80. The highest BCUT2D eigenvalue weighted by Crippen LogP contribution is 2.48. The first-order valence-corrected chi connectivity index (χ1v) is 10.4. The highest BCUT2D eigenvalue weighted by atomic mass is 32.1. The highest BCUT2D eigenvalue weighted by Gasteiger charge is 2.39. The zero-order valence-electron chi connectivity index (χ0n) is 17.1. The van der Waals surface area contributed by atoms with Gasteiger partial charge >= 0.3 is 0 Å². The molecule has 2 aromatic carbocycles. The van der Waals surface area contributed by atoms with Crippen LogP contribution in [0.15, 0.2) is 41.2 Å². The minimum Gasteiger partial charge on any atom is -0.859 e. The fraction of sp³-hybridized carbons (Fsp3) is 0.273. The molecule has 3 aromatic rings. The number of quaternary nitrogens is 1. The Morgan fingerprint density at radius 2 is 2.03 bits per heavy atom. The van der Waals surface area contributed by atoms with Gasteiger partial charge in [-0.15, -0.1) is 0 Å². The lowest BCUT2D eigenvalue weighted by atomic mass is 9.87. The van der Waals surface area contributed by atoms with E-state index in [1.807, 2.05) is 31.3 Å². The molecule has 8 nitrogen and oxygen atoms in total. The van der Waals surface area contributed by atoms with E-state index < -0.39 is 17.5 Å². The van der Waals surface area contributed by atoms with Crippen LogP contribution in [0, 0.1) is 4.77 Å². The quantitative estimate of drug-likeness (QED) is 0.589. The number of hydrogen-bond acceptors (Lipinski definition) is 6. The van der Waals surface area contributed by atoms with Gasteiger partial charge in [-0.2, -0.15) is 0 Å². The van der Waals surface area contributed by atoms with Crippen LogP contribution in [0.2, 0.25) is 0 Å². The first-order chi connectivity index (χ1) is 15.0. The van der Waals surface area contributed by atoms with Gasteiger partial charge in [-0.25, -0.2) is 0 Å². The molecule has 0 fully saturated rings. The van der Waals surface area contributed by atoms with Crippen LogP contribution in [0.3, 0.4) is 0 Å².